The van der Waals surface area contributed by atoms with Crippen LogP contribution in [-0.2, 0) is 11.3 Å². The number of rotatable bonds is 4. The maximum Gasteiger partial charge on any atom is 0.274 e. The summed E-state index contributed by atoms with van der Waals surface area (Å²) in [6, 6.07) is 6.17. The Bertz CT molecular complexity index is 484. The molecule has 1 rings (SSSR count). The lowest BCUT2D eigenvalue weighted by Gasteiger charge is -2.25. The van der Waals surface area contributed by atoms with Crippen LogP contribution < -0.4 is 4.74 Å². The SMILES string of the molecule is COc1ccc(C(F)(F)CCC#N)cc1C(C)(C)C. The maximum atomic E-state index is 14.0. The van der Waals surface area contributed by atoms with Gasteiger partial charge < -0.3 is 4.74 Å². The first-order chi connectivity index (χ1) is 8.72. The minimum atomic E-state index is -2.98. The number of benzene rings is 1. The molecule has 104 valence electrons. The topological polar surface area (TPSA) is 33.0 Å². The molecule has 0 heterocycles. The lowest BCUT2D eigenvalue weighted by molar-refractivity contribution is -0.0121. The van der Waals surface area contributed by atoms with E-state index in [0.717, 1.165) is 5.56 Å². The molecule has 0 saturated carbocycles. The number of halogens is 2. The number of nitrogens with zero attached hydrogens (tertiary/aromatic N) is 1. The number of methoxy groups -OCH3 is 1. The molecule has 0 bridgehead atoms. The molecule has 1 aromatic rings. The van der Waals surface area contributed by atoms with Crippen LogP contribution in [0.3, 0.4) is 0 Å². The highest BCUT2D eigenvalue weighted by atomic mass is 19.3. The van der Waals surface area contributed by atoms with E-state index in [-0.39, 0.29) is 17.4 Å². The second-order valence-electron chi connectivity index (χ2n) is 5.53. The van der Waals surface area contributed by atoms with Gasteiger partial charge in [-0.05, 0) is 29.2 Å². The van der Waals surface area contributed by atoms with Gasteiger partial charge in [-0.2, -0.15) is 5.26 Å². The van der Waals surface area contributed by atoms with Crippen molar-refractivity contribution in [1.82, 2.24) is 0 Å². The summed E-state index contributed by atoms with van der Waals surface area (Å²) in [5.74, 6) is -2.38. The van der Waals surface area contributed by atoms with E-state index in [1.165, 1.54) is 19.2 Å². The quantitative estimate of drug-likeness (QED) is 0.810. The van der Waals surface area contributed by atoms with Crippen molar-refractivity contribution >= 4 is 0 Å². The molecule has 4 heteroatoms. The lowest BCUT2D eigenvalue weighted by atomic mass is 9.84. The van der Waals surface area contributed by atoms with E-state index in [1.807, 2.05) is 20.8 Å². The van der Waals surface area contributed by atoms with Crippen LogP contribution in [0.25, 0.3) is 0 Å². The summed E-state index contributed by atoms with van der Waals surface area (Å²) in [5.41, 5.74) is 0.393. The molecule has 0 radical (unpaired) electrons. The first-order valence-electron chi connectivity index (χ1n) is 6.16. The fourth-order valence-electron chi connectivity index (χ4n) is 1.88. The van der Waals surface area contributed by atoms with Crippen LogP contribution in [0.2, 0.25) is 0 Å². The van der Waals surface area contributed by atoms with E-state index in [0.29, 0.717) is 5.75 Å². The van der Waals surface area contributed by atoms with E-state index in [1.54, 1.807) is 12.1 Å². The second kappa shape index (κ2) is 5.56. The number of ether oxygens (including phenoxy) is 1. The van der Waals surface area contributed by atoms with Crippen LogP contribution in [0.15, 0.2) is 18.2 Å². The van der Waals surface area contributed by atoms with Gasteiger partial charge >= 0.3 is 0 Å². The van der Waals surface area contributed by atoms with Gasteiger partial charge in [0.2, 0.25) is 0 Å². The molecule has 0 aliphatic heterocycles. The van der Waals surface area contributed by atoms with Gasteiger partial charge in [0.15, 0.2) is 0 Å². The first-order valence-corrected chi connectivity index (χ1v) is 6.16. The Balaban J connectivity index is 3.22. The zero-order valence-corrected chi connectivity index (χ0v) is 11.8. The van der Waals surface area contributed by atoms with Crippen LogP contribution >= 0.6 is 0 Å². The molecule has 0 spiro atoms. The predicted molar refractivity (Wildman–Crippen MR) is 70.4 cm³/mol. The van der Waals surface area contributed by atoms with Gasteiger partial charge in [-0.25, -0.2) is 8.78 Å². The van der Waals surface area contributed by atoms with Gasteiger partial charge in [-0.15, -0.1) is 0 Å². The predicted octanol–water partition coefficient (Wildman–Crippen LogP) is 4.39. The van der Waals surface area contributed by atoms with E-state index < -0.39 is 12.3 Å². The third-order valence-electron chi connectivity index (χ3n) is 2.98. The Morgan fingerprint density at radius 3 is 2.37 bits per heavy atom. The number of nitriles is 1. The molecule has 0 aliphatic carbocycles. The van der Waals surface area contributed by atoms with Gasteiger partial charge in [-0.3, -0.25) is 0 Å². The fourth-order valence-corrected chi connectivity index (χ4v) is 1.88. The smallest absolute Gasteiger partial charge is 0.274 e. The number of alkyl halides is 2. The minimum absolute atomic E-state index is 0.0616. The molecule has 0 aliphatic rings. The maximum absolute atomic E-state index is 14.0. The van der Waals surface area contributed by atoms with Crippen molar-refractivity contribution in [1.29, 1.82) is 5.26 Å². The standard InChI is InChI=1S/C15H19F2NO/c1-14(2,3)12-10-11(6-7-13(12)19-4)15(16,17)8-5-9-18/h6-7,10H,5,8H2,1-4H3. The summed E-state index contributed by atoms with van der Waals surface area (Å²) in [6.07, 6.45) is -0.622. The molecular weight excluding hydrogens is 248 g/mol. The summed E-state index contributed by atoms with van der Waals surface area (Å²) in [4.78, 5) is 0. The van der Waals surface area contributed by atoms with Crippen molar-refractivity contribution in [2.45, 2.75) is 45.0 Å². The summed E-state index contributed by atoms with van der Waals surface area (Å²) in [6.45, 7) is 5.84. The molecule has 0 aromatic heterocycles. The Kier molecular flexibility index (Phi) is 4.52. The van der Waals surface area contributed by atoms with Crippen molar-refractivity contribution in [3.05, 3.63) is 29.3 Å². The van der Waals surface area contributed by atoms with Crippen molar-refractivity contribution in [2.75, 3.05) is 7.11 Å². The molecule has 0 N–H and O–H groups in total. The van der Waals surface area contributed by atoms with Gasteiger partial charge in [0.25, 0.3) is 5.92 Å². The molecule has 2 nitrogen and oxygen atoms in total. The van der Waals surface area contributed by atoms with E-state index in [2.05, 4.69) is 0 Å². The summed E-state index contributed by atoms with van der Waals surface area (Å²) < 4.78 is 33.1. The van der Waals surface area contributed by atoms with E-state index >= 15 is 0 Å². The van der Waals surface area contributed by atoms with Crippen LogP contribution in [-0.4, -0.2) is 7.11 Å². The highest BCUT2D eigenvalue weighted by molar-refractivity contribution is 5.42. The first kappa shape index (κ1) is 15.4. The van der Waals surface area contributed by atoms with Crippen molar-refractivity contribution in [3.63, 3.8) is 0 Å². The van der Waals surface area contributed by atoms with E-state index in [4.69, 9.17) is 10.00 Å². The molecule has 19 heavy (non-hydrogen) atoms. The second-order valence-corrected chi connectivity index (χ2v) is 5.53. The van der Waals surface area contributed by atoms with Gasteiger partial charge in [-0.1, -0.05) is 20.8 Å². The molecule has 1 aromatic carbocycles. The third kappa shape index (κ3) is 3.66. The average molecular weight is 267 g/mol. The summed E-state index contributed by atoms with van der Waals surface area (Å²) >= 11 is 0. The summed E-state index contributed by atoms with van der Waals surface area (Å²) in [7, 11) is 1.53. The van der Waals surface area contributed by atoms with Crippen molar-refractivity contribution in [2.24, 2.45) is 0 Å². The third-order valence-corrected chi connectivity index (χ3v) is 2.98. The zero-order valence-electron chi connectivity index (χ0n) is 11.8. The Morgan fingerprint density at radius 1 is 1.26 bits per heavy atom. The molecule has 0 atom stereocenters. The Hall–Kier alpha value is -1.63. The minimum Gasteiger partial charge on any atom is -0.496 e. The molecule has 0 saturated heterocycles. The zero-order chi connectivity index (χ0) is 14.7. The lowest BCUT2D eigenvalue weighted by Crippen LogP contribution is -2.17. The highest BCUT2D eigenvalue weighted by Gasteiger charge is 2.32. The number of hydrogen-bond acceptors (Lipinski definition) is 2. The molecular formula is C15H19F2NO. The monoisotopic (exact) mass is 267 g/mol. The van der Waals surface area contributed by atoms with Gasteiger partial charge in [0.05, 0.1) is 13.2 Å². The fraction of sp³-hybridized carbons (Fsp3) is 0.533. The highest BCUT2D eigenvalue weighted by Crippen LogP contribution is 2.38. The largest absolute Gasteiger partial charge is 0.496 e. The Labute approximate surface area is 113 Å². The van der Waals surface area contributed by atoms with Crippen molar-refractivity contribution in [3.8, 4) is 11.8 Å². The van der Waals surface area contributed by atoms with Gasteiger partial charge in [0, 0.05) is 18.4 Å². The Morgan fingerprint density at radius 2 is 1.89 bits per heavy atom. The number of hydrogen-bond donors (Lipinski definition) is 0. The molecule has 0 fully saturated rings. The van der Waals surface area contributed by atoms with Crippen LogP contribution in [0.4, 0.5) is 8.78 Å². The van der Waals surface area contributed by atoms with Crippen LogP contribution in [0.5, 0.6) is 5.75 Å². The van der Waals surface area contributed by atoms with E-state index in [9.17, 15) is 8.78 Å². The summed E-state index contributed by atoms with van der Waals surface area (Å²) in [5, 5.41) is 8.44. The molecule has 0 unspecified atom stereocenters. The average Bonchev–Trinajstić information content (AvgIpc) is 2.34. The normalized spacial score (nSPS) is 12.1. The van der Waals surface area contributed by atoms with Crippen LogP contribution in [0, 0.1) is 11.3 Å². The molecule has 0 amide bonds. The van der Waals surface area contributed by atoms with Crippen LogP contribution in [0.1, 0.15) is 44.7 Å². The van der Waals surface area contributed by atoms with Crippen molar-refractivity contribution < 1.29 is 13.5 Å². The van der Waals surface area contributed by atoms with Gasteiger partial charge in [0.1, 0.15) is 5.75 Å².